The quantitative estimate of drug-likeness (QED) is 0.154. The summed E-state index contributed by atoms with van der Waals surface area (Å²) in [7, 11) is 0. The number of hydrogen-bond acceptors (Lipinski definition) is 2. The van der Waals surface area contributed by atoms with Crippen LogP contribution in [0.5, 0.6) is 0 Å². The molecule has 10 aromatic carbocycles. The Morgan fingerprint density at radius 2 is 0.914 bits per heavy atom. The van der Waals surface area contributed by atoms with Gasteiger partial charge in [0, 0.05) is 42.6 Å². The van der Waals surface area contributed by atoms with Crippen LogP contribution in [0.2, 0.25) is 0 Å². The van der Waals surface area contributed by atoms with Gasteiger partial charge in [-0.3, -0.25) is 0 Å². The van der Waals surface area contributed by atoms with Crippen molar-refractivity contribution < 1.29 is 0 Å². The Labute approximate surface area is 414 Å². The average molecular weight is 914 g/mol. The summed E-state index contributed by atoms with van der Waals surface area (Å²) in [4.78, 5) is 2.57. The predicted molar refractivity (Wildman–Crippen MR) is 297 cm³/mol. The molecule has 4 bridgehead atoms. The molecule has 334 valence electrons. The molecule has 0 amide bonds. The van der Waals surface area contributed by atoms with E-state index >= 15 is 0 Å². The summed E-state index contributed by atoms with van der Waals surface area (Å²) in [6, 6.07) is 84.9. The highest BCUT2D eigenvalue weighted by Crippen LogP contribution is 2.70. The fraction of sp³-hybridized carbons (Fsp3) is 0.147. The molecule has 0 atom stereocenters. The Morgan fingerprint density at radius 1 is 0.357 bits per heavy atom. The van der Waals surface area contributed by atoms with Crippen molar-refractivity contribution in [2.45, 2.75) is 37.5 Å². The molecule has 0 N–H and O–H groups in total. The average Bonchev–Trinajstić information content (AvgIpc) is 3.95. The van der Waals surface area contributed by atoms with E-state index in [0.29, 0.717) is 11.8 Å². The number of fused-ring (bicyclic) bond motifs is 7. The van der Waals surface area contributed by atoms with Crippen molar-refractivity contribution in [3.63, 3.8) is 0 Å². The Morgan fingerprint density at radius 3 is 1.70 bits per heavy atom. The molecule has 2 heteroatoms. The molecule has 1 aromatic heterocycles. The predicted octanol–water partition coefficient (Wildman–Crippen LogP) is 19.1. The molecule has 0 saturated heterocycles. The van der Waals surface area contributed by atoms with Crippen molar-refractivity contribution in [2.24, 2.45) is 23.7 Å². The van der Waals surface area contributed by atoms with Gasteiger partial charge in [0.1, 0.15) is 0 Å². The normalized spacial score (nSPS) is 20.6. The lowest BCUT2D eigenvalue weighted by atomic mass is 9.43. The van der Waals surface area contributed by atoms with Crippen LogP contribution in [0.4, 0.5) is 17.1 Å². The van der Waals surface area contributed by atoms with Crippen LogP contribution in [-0.2, 0) is 5.41 Å². The van der Waals surface area contributed by atoms with Crippen molar-refractivity contribution in [2.75, 3.05) is 4.90 Å². The molecule has 5 aliphatic rings. The maximum atomic E-state index is 2.67. The monoisotopic (exact) mass is 913 g/mol. The molecule has 5 aliphatic carbocycles. The molecule has 11 aromatic rings. The van der Waals surface area contributed by atoms with Gasteiger partial charge in [0.05, 0.1) is 0 Å². The Hall–Kier alpha value is -7.52. The molecule has 70 heavy (non-hydrogen) atoms. The first-order valence-electron chi connectivity index (χ1n) is 25.5. The molecule has 16 rings (SSSR count). The number of benzene rings is 10. The fourth-order valence-electron chi connectivity index (χ4n) is 14.6. The molecular weight excluding hydrogens is 863 g/mol. The lowest BCUT2D eigenvalue weighted by Crippen LogP contribution is -2.55. The molecule has 4 saturated carbocycles. The van der Waals surface area contributed by atoms with Gasteiger partial charge in [0.15, 0.2) is 0 Å². The minimum atomic E-state index is 0.0151. The van der Waals surface area contributed by atoms with E-state index in [-0.39, 0.29) is 5.41 Å². The summed E-state index contributed by atoms with van der Waals surface area (Å²) < 4.78 is 2.62. The zero-order valence-corrected chi connectivity index (χ0v) is 39.9. The number of hydrogen-bond donors (Lipinski definition) is 0. The van der Waals surface area contributed by atoms with Gasteiger partial charge >= 0.3 is 0 Å². The van der Waals surface area contributed by atoms with E-state index in [0.717, 1.165) is 11.8 Å². The summed E-state index contributed by atoms with van der Waals surface area (Å²) in [5.74, 6) is 3.06. The topological polar surface area (TPSA) is 3.24 Å². The number of anilines is 3. The zero-order valence-electron chi connectivity index (χ0n) is 39.1. The first-order valence-corrected chi connectivity index (χ1v) is 26.3. The maximum Gasteiger partial charge on any atom is 0.0468 e. The van der Waals surface area contributed by atoms with E-state index in [1.54, 1.807) is 11.1 Å². The van der Waals surface area contributed by atoms with Crippen molar-refractivity contribution in [1.29, 1.82) is 0 Å². The maximum absolute atomic E-state index is 2.67. The van der Waals surface area contributed by atoms with E-state index in [1.807, 2.05) is 11.3 Å². The second-order valence-electron chi connectivity index (χ2n) is 20.8. The summed E-state index contributed by atoms with van der Waals surface area (Å²) in [6.07, 6.45) is 6.85. The highest BCUT2D eigenvalue weighted by molar-refractivity contribution is 7.26. The van der Waals surface area contributed by atoms with Crippen LogP contribution in [0, 0.1) is 23.7 Å². The first kappa shape index (κ1) is 40.4. The van der Waals surface area contributed by atoms with E-state index in [2.05, 4.69) is 229 Å². The molecule has 1 nitrogen and oxygen atoms in total. The zero-order chi connectivity index (χ0) is 45.9. The Kier molecular flexibility index (Phi) is 9.09. The molecule has 1 spiro atoms. The Balaban J connectivity index is 0.927. The van der Waals surface area contributed by atoms with Crippen molar-refractivity contribution in [3.8, 4) is 55.6 Å². The van der Waals surface area contributed by atoms with Crippen molar-refractivity contribution >= 4 is 59.3 Å². The van der Waals surface area contributed by atoms with Crippen LogP contribution >= 0.6 is 11.3 Å². The Bertz CT molecular complexity index is 3790. The minimum Gasteiger partial charge on any atom is -0.310 e. The van der Waals surface area contributed by atoms with E-state index in [4.69, 9.17) is 0 Å². The third kappa shape index (κ3) is 6.09. The van der Waals surface area contributed by atoms with Crippen molar-refractivity contribution in [3.05, 3.63) is 236 Å². The lowest BCUT2D eigenvalue weighted by Gasteiger charge is -2.61. The number of thiophene rings is 1. The van der Waals surface area contributed by atoms with Gasteiger partial charge in [-0.1, -0.05) is 176 Å². The van der Waals surface area contributed by atoms with E-state index in [9.17, 15) is 0 Å². The summed E-state index contributed by atoms with van der Waals surface area (Å²) in [5, 5.41) is 5.18. The highest BCUT2D eigenvalue weighted by Gasteiger charge is 2.62. The molecule has 0 radical (unpaired) electrons. The molecular formula is C68H51NS. The summed E-state index contributed by atoms with van der Waals surface area (Å²) in [6.45, 7) is 0. The van der Waals surface area contributed by atoms with E-state index < -0.39 is 0 Å². The standard InChI is InChI=1S/C68H51NS/c1-3-12-45(13-4-1)46-24-26-50(27-25-46)59-21-11-23-65-67(59)61-41-54(33-35-64(61)70-65)69(53-30-28-49(29-31-53)57-19-9-17-47-16-7-8-18-56(47)57)55-32-34-60-63(42-55)68(51-37-43-36-44(39-51)40-52(68)38-43)62-22-10-20-58(66(60)62)48-14-5-2-6-15-48/h1-35,41-44,51-52H,36-40H2. The third-order valence-corrected chi connectivity index (χ3v) is 18.4. The largest absolute Gasteiger partial charge is 0.310 e. The first-order chi connectivity index (χ1) is 34.7. The lowest BCUT2D eigenvalue weighted by molar-refractivity contribution is -0.0399. The fourth-order valence-corrected chi connectivity index (χ4v) is 15.7. The van der Waals surface area contributed by atoms with Crippen LogP contribution in [-0.4, -0.2) is 0 Å². The van der Waals surface area contributed by atoms with Gasteiger partial charge in [0.2, 0.25) is 0 Å². The smallest absolute Gasteiger partial charge is 0.0468 e. The molecule has 1 heterocycles. The van der Waals surface area contributed by atoms with Gasteiger partial charge in [-0.15, -0.1) is 11.3 Å². The SMILES string of the molecule is c1ccc(-c2ccc(-c3cccc4sc5ccc(N(c6ccc(-c7cccc8ccccc78)cc6)c6ccc7c(c6)C6(c8cccc(-c9ccccc9)c8-7)C7CC8CC(C7)CC6C8)cc5c34)cc2)cc1. The van der Waals surface area contributed by atoms with Gasteiger partial charge in [-0.25, -0.2) is 0 Å². The van der Waals surface area contributed by atoms with E-state index in [1.165, 1.54) is 136 Å². The third-order valence-electron chi connectivity index (χ3n) is 17.3. The van der Waals surface area contributed by atoms with Gasteiger partial charge < -0.3 is 4.90 Å². The van der Waals surface area contributed by atoms with Gasteiger partial charge in [-0.2, -0.15) is 0 Å². The van der Waals surface area contributed by atoms with Crippen LogP contribution < -0.4 is 4.90 Å². The molecule has 0 aliphatic heterocycles. The molecule has 4 fully saturated rings. The second-order valence-corrected chi connectivity index (χ2v) is 21.9. The van der Waals surface area contributed by atoms with Gasteiger partial charge in [-0.05, 0) is 182 Å². The molecule has 0 unspecified atom stereocenters. The summed E-state index contributed by atoms with van der Waals surface area (Å²) >= 11 is 1.90. The minimum absolute atomic E-state index is 0.0151. The van der Waals surface area contributed by atoms with Crippen LogP contribution in [0.15, 0.2) is 224 Å². The number of rotatable bonds is 7. The number of nitrogens with zero attached hydrogens (tertiary/aromatic N) is 1. The second kappa shape index (κ2) is 15.8. The van der Waals surface area contributed by atoms with Crippen LogP contribution in [0.25, 0.3) is 86.6 Å². The van der Waals surface area contributed by atoms with Gasteiger partial charge in [0.25, 0.3) is 0 Å². The van der Waals surface area contributed by atoms with Crippen LogP contribution in [0.1, 0.15) is 43.2 Å². The van der Waals surface area contributed by atoms with Crippen molar-refractivity contribution in [1.82, 2.24) is 0 Å². The highest BCUT2D eigenvalue weighted by atomic mass is 32.1. The summed E-state index contributed by atoms with van der Waals surface area (Å²) in [5.41, 5.74) is 19.8. The van der Waals surface area contributed by atoms with Crippen LogP contribution in [0.3, 0.4) is 0 Å².